The minimum absolute atomic E-state index is 0.0762. The molecule has 1 heterocycles. The van der Waals surface area contributed by atoms with E-state index in [4.69, 9.17) is 5.73 Å². The maximum Gasteiger partial charge on any atom is 0.353 e. The maximum atomic E-state index is 13.9. The lowest BCUT2D eigenvalue weighted by molar-refractivity contribution is -0.383. The molecule has 0 bridgehead atoms. The summed E-state index contributed by atoms with van der Waals surface area (Å²) in [4.78, 5) is 18.8. The van der Waals surface area contributed by atoms with Gasteiger partial charge in [0.2, 0.25) is 17.6 Å². The molecule has 0 radical (unpaired) electrons. The first-order chi connectivity index (χ1) is 12.0. The Balaban J connectivity index is 1.93. The number of nitro groups is 1. The lowest BCUT2D eigenvalue weighted by Crippen LogP contribution is -2.24. The van der Waals surface area contributed by atoms with E-state index in [0.29, 0.717) is 0 Å². The normalized spacial score (nSPS) is 14.9. The fourth-order valence-electron chi connectivity index (χ4n) is 2.92. The Hall–Kier alpha value is -2.97. The van der Waals surface area contributed by atoms with Crippen LogP contribution in [0.15, 0.2) is 24.3 Å². The third kappa shape index (κ3) is 3.93. The average molecular weight is 346 g/mol. The van der Waals surface area contributed by atoms with Crippen molar-refractivity contribution in [3.05, 3.63) is 40.2 Å². The van der Waals surface area contributed by atoms with Gasteiger partial charge >= 0.3 is 5.69 Å². The van der Waals surface area contributed by atoms with Gasteiger partial charge in [0.05, 0.1) is 10.6 Å². The third-order valence-corrected chi connectivity index (χ3v) is 4.16. The van der Waals surface area contributed by atoms with Gasteiger partial charge in [-0.05, 0) is 25.0 Å². The van der Waals surface area contributed by atoms with Gasteiger partial charge in [0.15, 0.2) is 0 Å². The molecule has 132 valence electrons. The number of nitrogens with zero attached hydrogens (tertiary/aromatic N) is 3. The highest BCUT2D eigenvalue weighted by Crippen LogP contribution is 2.32. The van der Waals surface area contributed by atoms with Crippen LogP contribution in [0, 0.1) is 15.9 Å². The summed E-state index contributed by atoms with van der Waals surface area (Å²) in [5, 5.41) is 17.1. The van der Waals surface area contributed by atoms with Crippen LogP contribution in [0.5, 0.6) is 0 Å². The molecule has 8 nitrogen and oxygen atoms in total. The summed E-state index contributed by atoms with van der Waals surface area (Å²) >= 11 is 0. The zero-order valence-corrected chi connectivity index (χ0v) is 13.5. The molecule has 1 aromatic heterocycles. The Morgan fingerprint density at radius 3 is 2.60 bits per heavy atom. The first-order valence-corrected chi connectivity index (χ1v) is 8.14. The number of nitrogens with two attached hydrogens (primary N) is 1. The van der Waals surface area contributed by atoms with Crippen LogP contribution in [0.4, 0.5) is 33.3 Å². The molecular formula is C16H19FN6O2. The summed E-state index contributed by atoms with van der Waals surface area (Å²) in [6.45, 7) is 0. The Labute approximate surface area is 143 Å². The second-order valence-electron chi connectivity index (χ2n) is 5.97. The summed E-state index contributed by atoms with van der Waals surface area (Å²) in [5.74, 6) is -0.748. The monoisotopic (exact) mass is 346 g/mol. The molecule has 0 amide bonds. The van der Waals surface area contributed by atoms with E-state index in [1.54, 1.807) is 6.07 Å². The van der Waals surface area contributed by atoms with Gasteiger partial charge in [-0.3, -0.25) is 10.1 Å². The number of halogens is 1. The first kappa shape index (κ1) is 16.9. The molecule has 25 heavy (non-hydrogen) atoms. The first-order valence-electron chi connectivity index (χ1n) is 8.14. The highest BCUT2D eigenvalue weighted by molar-refractivity contribution is 5.74. The highest BCUT2D eigenvalue weighted by atomic mass is 19.1. The molecule has 0 unspecified atom stereocenters. The number of anilines is 4. The van der Waals surface area contributed by atoms with Gasteiger partial charge in [0.25, 0.3) is 0 Å². The number of nitrogens with one attached hydrogen (secondary N) is 2. The molecule has 1 saturated carbocycles. The van der Waals surface area contributed by atoms with E-state index >= 15 is 0 Å². The molecule has 9 heteroatoms. The number of nitrogen functional groups attached to an aromatic ring is 1. The number of hydrogen-bond donors (Lipinski definition) is 3. The number of benzene rings is 1. The summed E-state index contributed by atoms with van der Waals surface area (Å²) in [7, 11) is 0. The van der Waals surface area contributed by atoms with E-state index in [9.17, 15) is 14.5 Å². The fraction of sp³-hybridized carbons (Fsp3) is 0.375. The lowest BCUT2D eigenvalue weighted by atomic mass is 9.96. The second-order valence-corrected chi connectivity index (χ2v) is 5.97. The Bertz CT molecular complexity index is 779. The molecule has 0 saturated heterocycles. The molecule has 1 fully saturated rings. The van der Waals surface area contributed by atoms with E-state index < -0.39 is 16.4 Å². The van der Waals surface area contributed by atoms with Crippen molar-refractivity contribution in [1.82, 2.24) is 9.97 Å². The second kappa shape index (κ2) is 7.29. The van der Waals surface area contributed by atoms with Crippen molar-refractivity contribution in [2.45, 2.75) is 38.1 Å². The molecule has 0 atom stereocenters. The van der Waals surface area contributed by atoms with E-state index in [1.807, 2.05) is 0 Å². The van der Waals surface area contributed by atoms with Crippen molar-refractivity contribution in [2.75, 3.05) is 16.4 Å². The quantitative estimate of drug-likeness (QED) is 0.559. The Morgan fingerprint density at radius 1 is 1.20 bits per heavy atom. The minimum atomic E-state index is -0.678. The van der Waals surface area contributed by atoms with Crippen LogP contribution in [-0.4, -0.2) is 20.9 Å². The van der Waals surface area contributed by atoms with Gasteiger partial charge in [-0.1, -0.05) is 31.4 Å². The standard InChI is InChI=1S/C16H19FN6O2/c17-11-8-4-5-9-12(11)20-15-13(23(24)25)14(18)21-16(22-15)19-10-6-2-1-3-7-10/h4-5,8-10H,1-3,6-7H2,(H4,18,19,20,21,22). The predicted molar refractivity (Wildman–Crippen MR) is 93.3 cm³/mol. The Morgan fingerprint density at radius 2 is 1.92 bits per heavy atom. The summed E-state index contributed by atoms with van der Waals surface area (Å²) in [6, 6.07) is 6.06. The maximum absolute atomic E-state index is 13.9. The molecule has 1 aliphatic rings. The van der Waals surface area contributed by atoms with Crippen LogP contribution in [-0.2, 0) is 0 Å². The molecule has 0 spiro atoms. The van der Waals surface area contributed by atoms with E-state index in [1.165, 1.54) is 24.6 Å². The van der Waals surface area contributed by atoms with Gasteiger partial charge < -0.3 is 16.4 Å². The van der Waals surface area contributed by atoms with Gasteiger partial charge in [-0.15, -0.1) is 0 Å². The molecule has 4 N–H and O–H groups in total. The topological polar surface area (TPSA) is 119 Å². The SMILES string of the molecule is Nc1nc(NC2CCCCC2)nc(Nc2ccccc2F)c1[N+](=O)[O-]. The summed E-state index contributed by atoms with van der Waals surface area (Å²) in [5.41, 5.74) is 5.36. The van der Waals surface area contributed by atoms with Gasteiger partial charge in [-0.25, -0.2) is 4.39 Å². The van der Waals surface area contributed by atoms with Crippen LogP contribution in [0.2, 0.25) is 0 Å². The number of hydrogen-bond acceptors (Lipinski definition) is 7. The van der Waals surface area contributed by atoms with Crippen LogP contribution >= 0.6 is 0 Å². The molecule has 1 aliphatic carbocycles. The van der Waals surface area contributed by atoms with E-state index in [-0.39, 0.29) is 29.3 Å². The molecule has 1 aromatic carbocycles. The van der Waals surface area contributed by atoms with Crippen LogP contribution in [0.3, 0.4) is 0 Å². The van der Waals surface area contributed by atoms with Crippen molar-refractivity contribution in [1.29, 1.82) is 0 Å². The molecular weight excluding hydrogens is 327 g/mol. The van der Waals surface area contributed by atoms with Gasteiger partial charge in [0.1, 0.15) is 5.82 Å². The predicted octanol–water partition coefficient (Wildman–Crippen LogP) is 3.59. The molecule has 3 rings (SSSR count). The number of rotatable bonds is 5. The summed E-state index contributed by atoms with van der Waals surface area (Å²) in [6.07, 6.45) is 5.38. The van der Waals surface area contributed by atoms with Crippen LogP contribution < -0.4 is 16.4 Å². The van der Waals surface area contributed by atoms with Crippen LogP contribution in [0.25, 0.3) is 0 Å². The van der Waals surface area contributed by atoms with E-state index in [2.05, 4.69) is 20.6 Å². The zero-order chi connectivity index (χ0) is 17.8. The minimum Gasteiger partial charge on any atom is -0.378 e. The van der Waals surface area contributed by atoms with Crippen molar-refractivity contribution < 1.29 is 9.31 Å². The van der Waals surface area contributed by atoms with Gasteiger partial charge in [-0.2, -0.15) is 9.97 Å². The smallest absolute Gasteiger partial charge is 0.353 e. The van der Waals surface area contributed by atoms with E-state index in [0.717, 1.165) is 25.7 Å². The van der Waals surface area contributed by atoms with Crippen molar-refractivity contribution in [2.24, 2.45) is 0 Å². The third-order valence-electron chi connectivity index (χ3n) is 4.16. The Kier molecular flexibility index (Phi) is 4.92. The van der Waals surface area contributed by atoms with Crippen LogP contribution in [0.1, 0.15) is 32.1 Å². The number of aromatic nitrogens is 2. The van der Waals surface area contributed by atoms with Crippen molar-refractivity contribution >= 4 is 29.0 Å². The van der Waals surface area contributed by atoms with Gasteiger partial charge in [0, 0.05) is 6.04 Å². The zero-order valence-electron chi connectivity index (χ0n) is 13.5. The summed E-state index contributed by atoms with van der Waals surface area (Å²) < 4.78 is 13.9. The average Bonchev–Trinajstić information content (AvgIpc) is 2.57. The van der Waals surface area contributed by atoms with Crippen molar-refractivity contribution in [3.63, 3.8) is 0 Å². The lowest BCUT2D eigenvalue weighted by Gasteiger charge is -2.23. The largest absolute Gasteiger partial charge is 0.378 e. The number of para-hydroxylation sites is 1. The molecule has 0 aliphatic heterocycles. The highest BCUT2D eigenvalue weighted by Gasteiger charge is 2.25. The fourth-order valence-corrected chi connectivity index (χ4v) is 2.92. The van der Waals surface area contributed by atoms with Crippen molar-refractivity contribution in [3.8, 4) is 0 Å². The molecule has 2 aromatic rings.